The van der Waals surface area contributed by atoms with Crippen molar-refractivity contribution in [2.75, 3.05) is 13.1 Å². The number of imidazole rings is 1. The summed E-state index contributed by atoms with van der Waals surface area (Å²) >= 11 is 1.61. The van der Waals surface area contributed by atoms with Crippen LogP contribution in [0, 0.1) is 6.92 Å². The van der Waals surface area contributed by atoms with E-state index in [2.05, 4.69) is 9.97 Å². The molecule has 1 fully saturated rings. The van der Waals surface area contributed by atoms with Gasteiger partial charge in [0.1, 0.15) is 12.4 Å². The number of nitrogens with zero attached hydrogens (tertiary/aromatic N) is 3. The maximum atomic E-state index is 12.7. The van der Waals surface area contributed by atoms with E-state index < -0.39 is 0 Å². The first-order valence-corrected chi connectivity index (χ1v) is 12.2. The van der Waals surface area contributed by atoms with Crippen molar-refractivity contribution < 1.29 is 9.53 Å². The average Bonchev–Trinajstić information content (AvgIpc) is 3.43. The van der Waals surface area contributed by atoms with Crippen molar-refractivity contribution >= 4 is 34.4 Å². The highest BCUT2D eigenvalue weighted by atomic mass is 32.1. The Morgan fingerprint density at radius 2 is 1.94 bits per heavy atom. The predicted molar refractivity (Wildman–Crippen MR) is 134 cm³/mol. The molecule has 0 unspecified atom stereocenters. The lowest BCUT2D eigenvalue weighted by Gasteiger charge is -2.32. The van der Waals surface area contributed by atoms with Crippen molar-refractivity contribution in [3.8, 4) is 5.75 Å². The van der Waals surface area contributed by atoms with Crippen LogP contribution in [0.3, 0.4) is 0 Å². The summed E-state index contributed by atoms with van der Waals surface area (Å²) in [5, 5.41) is 3.03. The molecule has 8 heteroatoms. The van der Waals surface area contributed by atoms with Gasteiger partial charge in [0.05, 0.1) is 21.7 Å². The number of carbonyl (C=O) groups is 1. The van der Waals surface area contributed by atoms with Crippen molar-refractivity contribution in [2.45, 2.75) is 32.4 Å². The highest BCUT2D eigenvalue weighted by Gasteiger charge is 2.25. The largest absolute Gasteiger partial charge is 0.487 e. The zero-order valence-corrected chi connectivity index (χ0v) is 19.8. The van der Waals surface area contributed by atoms with E-state index in [1.165, 1.54) is 0 Å². The third kappa shape index (κ3) is 4.82. The number of thiazole rings is 1. The first-order valence-electron chi connectivity index (χ1n) is 11.4. The third-order valence-electron chi connectivity index (χ3n) is 6.12. The number of likely N-dealkylation sites (tertiary alicyclic amines) is 1. The van der Waals surface area contributed by atoms with Crippen LogP contribution in [0.5, 0.6) is 5.75 Å². The number of para-hydroxylation sites is 2. The highest BCUT2D eigenvalue weighted by molar-refractivity contribution is 7.09. The van der Waals surface area contributed by atoms with E-state index in [1.54, 1.807) is 17.4 Å². The molecule has 1 N–H and O–H groups in total. The molecule has 1 amide bonds. The number of nitrogens with one attached hydrogen (secondary N) is 1. The van der Waals surface area contributed by atoms with Gasteiger partial charge in [-0.1, -0.05) is 24.3 Å². The molecule has 7 nitrogen and oxygen atoms in total. The van der Waals surface area contributed by atoms with Gasteiger partial charge < -0.3 is 14.6 Å². The zero-order chi connectivity index (χ0) is 23.5. The van der Waals surface area contributed by atoms with Crippen LogP contribution in [0.1, 0.15) is 35.1 Å². The number of rotatable bonds is 6. The van der Waals surface area contributed by atoms with Crippen LogP contribution in [-0.2, 0) is 11.4 Å². The summed E-state index contributed by atoms with van der Waals surface area (Å²) < 4.78 is 7.61. The van der Waals surface area contributed by atoms with E-state index in [0.29, 0.717) is 19.7 Å². The second-order valence-electron chi connectivity index (χ2n) is 8.42. The van der Waals surface area contributed by atoms with Crippen molar-refractivity contribution in [3.63, 3.8) is 0 Å². The number of carbonyl (C=O) groups excluding carboxylic acids is 1. The number of aromatic nitrogens is 3. The van der Waals surface area contributed by atoms with Gasteiger partial charge in [0.2, 0.25) is 5.91 Å². The first kappa shape index (κ1) is 22.2. The van der Waals surface area contributed by atoms with Crippen LogP contribution < -0.4 is 10.4 Å². The topological polar surface area (TPSA) is 80.2 Å². The summed E-state index contributed by atoms with van der Waals surface area (Å²) in [5.74, 6) is 0.757. The molecule has 0 atom stereocenters. The lowest BCUT2D eigenvalue weighted by molar-refractivity contribution is -0.127. The molecule has 5 rings (SSSR count). The zero-order valence-electron chi connectivity index (χ0n) is 18.9. The molecule has 174 valence electrons. The van der Waals surface area contributed by atoms with Gasteiger partial charge in [-0.15, -0.1) is 11.3 Å². The van der Waals surface area contributed by atoms with E-state index in [0.717, 1.165) is 45.9 Å². The Kier molecular flexibility index (Phi) is 6.31. The Bertz CT molecular complexity index is 1380. The molecule has 1 aliphatic rings. The van der Waals surface area contributed by atoms with E-state index in [9.17, 15) is 9.59 Å². The first-order chi connectivity index (χ1) is 16.6. The van der Waals surface area contributed by atoms with E-state index in [1.807, 2.05) is 76.4 Å². The molecule has 3 heterocycles. The Labute approximate surface area is 201 Å². The summed E-state index contributed by atoms with van der Waals surface area (Å²) in [7, 11) is 0. The van der Waals surface area contributed by atoms with Gasteiger partial charge in [-0.2, -0.15) is 0 Å². The normalized spacial score (nSPS) is 14.8. The maximum absolute atomic E-state index is 12.7. The minimum atomic E-state index is -0.0833. The number of piperidine rings is 1. The second-order valence-corrected chi connectivity index (χ2v) is 9.48. The molecule has 2 aromatic heterocycles. The number of ether oxygens (including phenoxy) is 1. The number of amides is 1. The lowest BCUT2D eigenvalue weighted by atomic mass is 10.0. The van der Waals surface area contributed by atoms with Crippen molar-refractivity contribution in [1.29, 1.82) is 0 Å². The number of aromatic amines is 1. The molecule has 1 aliphatic heterocycles. The van der Waals surface area contributed by atoms with Crippen LogP contribution in [-0.4, -0.2) is 38.4 Å². The van der Waals surface area contributed by atoms with Gasteiger partial charge >= 0.3 is 5.69 Å². The van der Waals surface area contributed by atoms with Gasteiger partial charge in [-0.05, 0) is 55.7 Å². The molecule has 1 saturated heterocycles. The van der Waals surface area contributed by atoms with Gasteiger partial charge in [0, 0.05) is 30.6 Å². The number of aryl methyl sites for hydroxylation is 1. The van der Waals surface area contributed by atoms with Gasteiger partial charge in [0.15, 0.2) is 0 Å². The number of benzene rings is 2. The van der Waals surface area contributed by atoms with Crippen molar-refractivity contribution in [1.82, 2.24) is 19.4 Å². The predicted octanol–water partition coefficient (Wildman–Crippen LogP) is 4.55. The molecule has 0 aliphatic carbocycles. The van der Waals surface area contributed by atoms with E-state index >= 15 is 0 Å². The maximum Gasteiger partial charge on any atom is 0.326 e. The number of hydrogen-bond donors (Lipinski definition) is 1. The SMILES string of the molecule is Cc1nc(COc2ccc(/C=C/C(=O)N3CCC(n4c(=O)[nH]c5ccccc54)CC3)cc2)cs1. The fraction of sp³-hybridized carbons (Fsp3) is 0.269. The highest BCUT2D eigenvalue weighted by Crippen LogP contribution is 2.25. The third-order valence-corrected chi connectivity index (χ3v) is 6.94. The van der Waals surface area contributed by atoms with E-state index in [-0.39, 0.29) is 17.6 Å². The van der Waals surface area contributed by atoms with Crippen LogP contribution in [0.15, 0.2) is 64.8 Å². The summed E-state index contributed by atoms with van der Waals surface area (Å²) in [6, 6.07) is 15.5. The molecule has 0 saturated carbocycles. The molecular formula is C26H26N4O3S. The van der Waals surface area contributed by atoms with Gasteiger partial charge in [-0.3, -0.25) is 9.36 Å². The van der Waals surface area contributed by atoms with Gasteiger partial charge in [0.25, 0.3) is 0 Å². The quantitative estimate of drug-likeness (QED) is 0.416. The molecule has 0 spiro atoms. The molecule has 34 heavy (non-hydrogen) atoms. The number of H-pyrrole nitrogens is 1. The van der Waals surface area contributed by atoms with Crippen molar-refractivity contribution in [3.05, 3.63) is 86.7 Å². The Balaban J connectivity index is 1.15. The molecule has 0 radical (unpaired) electrons. The van der Waals surface area contributed by atoms with Crippen LogP contribution >= 0.6 is 11.3 Å². The minimum Gasteiger partial charge on any atom is -0.487 e. The molecule has 0 bridgehead atoms. The molecule has 4 aromatic rings. The average molecular weight is 475 g/mol. The Hall–Kier alpha value is -3.65. The summed E-state index contributed by atoms with van der Waals surface area (Å²) in [6.45, 7) is 3.67. The standard InChI is InChI=1S/C26H26N4O3S/c1-18-27-20(17-34-18)16-33-22-9-6-19(7-10-22)8-11-25(31)29-14-12-21(13-15-29)30-24-5-3-2-4-23(24)28-26(30)32/h2-11,17,21H,12-16H2,1H3,(H,28,32)/b11-8+. The van der Waals surface area contributed by atoms with Crippen LogP contribution in [0.25, 0.3) is 17.1 Å². The minimum absolute atomic E-state index is 0.0102. The van der Waals surface area contributed by atoms with E-state index in [4.69, 9.17) is 4.74 Å². The summed E-state index contributed by atoms with van der Waals surface area (Å²) in [5.41, 5.74) is 3.55. The molecule has 2 aromatic carbocycles. The van der Waals surface area contributed by atoms with Crippen molar-refractivity contribution in [2.24, 2.45) is 0 Å². The lowest BCUT2D eigenvalue weighted by Crippen LogP contribution is -2.39. The number of hydrogen-bond acceptors (Lipinski definition) is 5. The Morgan fingerprint density at radius 1 is 1.18 bits per heavy atom. The number of fused-ring (bicyclic) bond motifs is 1. The van der Waals surface area contributed by atoms with Crippen LogP contribution in [0.4, 0.5) is 0 Å². The summed E-state index contributed by atoms with van der Waals surface area (Å²) in [4.78, 5) is 34.3. The van der Waals surface area contributed by atoms with Gasteiger partial charge in [-0.25, -0.2) is 9.78 Å². The fourth-order valence-corrected chi connectivity index (χ4v) is 4.96. The van der Waals surface area contributed by atoms with Crippen LogP contribution in [0.2, 0.25) is 0 Å². The second kappa shape index (κ2) is 9.69. The smallest absolute Gasteiger partial charge is 0.326 e. The Morgan fingerprint density at radius 3 is 2.68 bits per heavy atom. The fourth-order valence-electron chi connectivity index (χ4n) is 4.36. The monoisotopic (exact) mass is 474 g/mol. The summed E-state index contributed by atoms with van der Waals surface area (Å²) in [6.07, 6.45) is 4.95. The molecular weight excluding hydrogens is 448 g/mol.